The van der Waals surface area contributed by atoms with E-state index in [0.717, 1.165) is 11.1 Å². The van der Waals surface area contributed by atoms with Crippen LogP contribution in [-0.4, -0.2) is 57.9 Å². The Hall–Kier alpha value is -2.77. The molecule has 0 aliphatic heterocycles. The van der Waals surface area contributed by atoms with Gasteiger partial charge in [0.05, 0.1) is 0 Å². The molecule has 2 aromatic rings. The molecular formula is C20H25ClN4O2Si. The highest BCUT2D eigenvalue weighted by atomic mass is 35.6. The highest BCUT2D eigenvalue weighted by Gasteiger charge is 2.40. The lowest BCUT2D eigenvalue weighted by Crippen LogP contribution is -2.40. The number of nitrogens with zero attached hydrogens (tertiary/aromatic N) is 4. The van der Waals surface area contributed by atoms with Crippen molar-refractivity contribution >= 4 is 30.7 Å². The summed E-state index contributed by atoms with van der Waals surface area (Å²) in [5.74, 6) is 0.703. The predicted molar refractivity (Wildman–Crippen MR) is 117 cm³/mol. The summed E-state index contributed by atoms with van der Waals surface area (Å²) in [4.78, 5) is 0. The van der Waals surface area contributed by atoms with Crippen molar-refractivity contribution in [2.45, 2.75) is 0 Å². The third kappa shape index (κ3) is 6.44. The molecule has 2 aromatic carbocycles. The second-order valence-corrected chi connectivity index (χ2v) is 9.79. The van der Waals surface area contributed by atoms with Crippen LogP contribution in [0.2, 0.25) is 0 Å². The zero-order valence-electron chi connectivity index (χ0n) is 16.5. The minimum atomic E-state index is -3.43. The van der Waals surface area contributed by atoms with Crippen molar-refractivity contribution in [1.29, 1.82) is 0 Å². The second kappa shape index (κ2) is 9.96. The Kier molecular flexibility index (Phi) is 7.66. The first-order valence-electron chi connectivity index (χ1n) is 8.66. The minimum Gasteiger partial charge on any atom is -0.482 e. The summed E-state index contributed by atoms with van der Waals surface area (Å²) in [6.45, 7) is 3.83. The molecule has 0 N–H and O–H groups in total. The summed E-state index contributed by atoms with van der Waals surface area (Å²) in [7, 11) is 3.80. The Balaban J connectivity index is 2.37. The fraction of sp³-hybridized carbons (Fsp3) is 0.200. The van der Waals surface area contributed by atoms with Crippen LogP contribution in [0.3, 0.4) is 0 Å². The van der Waals surface area contributed by atoms with Crippen molar-refractivity contribution in [3.63, 3.8) is 0 Å². The van der Waals surface area contributed by atoms with Crippen molar-refractivity contribution in [2.24, 2.45) is 10.2 Å². The smallest absolute Gasteiger partial charge is 0.482 e. The maximum Gasteiger partial charge on any atom is 0.599 e. The molecule has 0 aromatic heterocycles. The van der Waals surface area contributed by atoms with Gasteiger partial charge in [0, 0.05) is 39.3 Å². The summed E-state index contributed by atoms with van der Waals surface area (Å²) >= 11 is 6.76. The lowest BCUT2D eigenvalue weighted by Gasteiger charge is -2.25. The number of halogens is 1. The van der Waals surface area contributed by atoms with Gasteiger partial charge in [-0.05, 0) is 30.0 Å². The van der Waals surface area contributed by atoms with Gasteiger partial charge in [-0.2, -0.15) is 0 Å². The molecule has 0 saturated carbocycles. The number of hydrogen-bond donors (Lipinski definition) is 0. The SMILES string of the molecule is C=C[Si](Cl)(O/C(=N/N(C)C)c1ccccc1)O/C(=N/N(C)C)c1ccccc1. The number of rotatable bonds is 7. The van der Waals surface area contributed by atoms with Gasteiger partial charge < -0.3 is 8.85 Å². The first kappa shape index (κ1) is 21.5. The first-order chi connectivity index (χ1) is 13.3. The molecule has 28 heavy (non-hydrogen) atoms. The van der Waals surface area contributed by atoms with Crippen LogP contribution < -0.4 is 0 Å². The molecule has 0 aliphatic rings. The molecule has 148 valence electrons. The molecule has 6 nitrogen and oxygen atoms in total. The maximum atomic E-state index is 6.76. The zero-order valence-corrected chi connectivity index (χ0v) is 18.3. The Morgan fingerprint density at radius 2 is 1.18 bits per heavy atom. The van der Waals surface area contributed by atoms with E-state index in [0.29, 0.717) is 11.8 Å². The van der Waals surface area contributed by atoms with Crippen LogP contribution in [0.1, 0.15) is 11.1 Å². The Labute approximate surface area is 172 Å². The van der Waals surface area contributed by atoms with E-state index >= 15 is 0 Å². The van der Waals surface area contributed by atoms with E-state index in [2.05, 4.69) is 16.8 Å². The lowest BCUT2D eigenvalue weighted by molar-refractivity contribution is 0.367. The standard InChI is InChI=1S/C20H25ClN4O2Si/c1-6-28(21,26-19(22-24(2)3)17-13-9-7-10-14-17)27-20(23-25(4)5)18-15-11-8-12-16-18/h6-16H,1H2,2-5H3/b22-19+,23-20+. The van der Waals surface area contributed by atoms with E-state index in [1.165, 1.54) is 5.70 Å². The molecule has 0 amide bonds. The van der Waals surface area contributed by atoms with Gasteiger partial charge in [0.25, 0.3) is 0 Å². The van der Waals surface area contributed by atoms with E-state index in [1.54, 1.807) is 38.2 Å². The number of hydrogen-bond acceptors (Lipinski definition) is 6. The lowest BCUT2D eigenvalue weighted by atomic mass is 10.2. The van der Waals surface area contributed by atoms with Crippen LogP contribution in [0.15, 0.2) is 83.1 Å². The van der Waals surface area contributed by atoms with E-state index in [-0.39, 0.29) is 0 Å². The molecule has 0 heterocycles. The third-order valence-electron chi connectivity index (χ3n) is 3.34. The van der Waals surface area contributed by atoms with E-state index in [9.17, 15) is 0 Å². The largest absolute Gasteiger partial charge is 0.599 e. The van der Waals surface area contributed by atoms with E-state index in [1.807, 2.05) is 60.7 Å². The Morgan fingerprint density at radius 1 is 0.821 bits per heavy atom. The molecule has 0 bridgehead atoms. The van der Waals surface area contributed by atoms with Gasteiger partial charge >= 0.3 is 7.87 Å². The average Bonchev–Trinajstić information content (AvgIpc) is 2.67. The summed E-state index contributed by atoms with van der Waals surface area (Å²) in [6, 6.07) is 19.0. The number of hydrazone groups is 2. The van der Waals surface area contributed by atoms with Crippen LogP contribution in [0.4, 0.5) is 0 Å². The molecule has 0 radical (unpaired) electrons. The van der Waals surface area contributed by atoms with Gasteiger partial charge in [-0.25, -0.2) is 0 Å². The molecule has 0 aliphatic carbocycles. The summed E-state index contributed by atoms with van der Waals surface area (Å²) in [6.07, 6.45) is 0. The van der Waals surface area contributed by atoms with E-state index in [4.69, 9.17) is 19.9 Å². The normalized spacial score (nSPS) is 12.3. The molecular weight excluding hydrogens is 392 g/mol. The van der Waals surface area contributed by atoms with Gasteiger partial charge in [-0.15, -0.1) is 10.2 Å². The van der Waals surface area contributed by atoms with Crippen LogP contribution in [0.5, 0.6) is 0 Å². The second-order valence-electron chi connectivity index (χ2n) is 6.23. The number of benzene rings is 2. The van der Waals surface area contributed by atoms with Crippen molar-refractivity contribution < 1.29 is 8.85 Å². The molecule has 0 fully saturated rings. The van der Waals surface area contributed by atoms with Crippen molar-refractivity contribution in [3.8, 4) is 0 Å². The molecule has 8 heteroatoms. The fourth-order valence-corrected chi connectivity index (χ4v) is 3.66. The van der Waals surface area contributed by atoms with Crippen molar-refractivity contribution in [1.82, 2.24) is 10.0 Å². The summed E-state index contributed by atoms with van der Waals surface area (Å²) < 4.78 is 12.2. The average molecular weight is 417 g/mol. The molecule has 0 saturated heterocycles. The zero-order chi connectivity index (χ0) is 20.6. The van der Waals surface area contributed by atoms with Crippen LogP contribution >= 0.6 is 11.1 Å². The van der Waals surface area contributed by atoms with Crippen LogP contribution in [0.25, 0.3) is 0 Å². The molecule has 0 spiro atoms. The summed E-state index contributed by atoms with van der Waals surface area (Å²) in [5, 5.41) is 12.1. The van der Waals surface area contributed by atoms with Gasteiger partial charge in [-0.3, -0.25) is 10.0 Å². The van der Waals surface area contributed by atoms with Gasteiger partial charge in [0.1, 0.15) is 0 Å². The third-order valence-corrected chi connectivity index (χ3v) is 5.70. The minimum absolute atomic E-state index is 0.351. The van der Waals surface area contributed by atoms with Crippen LogP contribution in [-0.2, 0) is 8.85 Å². The Bertz CT molecular complexity index is 763. The fourth-order valence-electron chi connectivity index (χ4n) is 2.17. The highest BCUT2D eigenvalue weighted by Crippen LogP contribution is 2.21. The Morgan fingerprint density at radius 3 is 1.46 bits per heavy atom. The van der Waals surface area contributed by atoms with Crippen molar-refractivity contribution in [3.05, 3.63) is 84.1 Å². The van der Waals surface area contributed by atoms with Gasteiger partial charge in [0.2, 0.25) is 11.8 Å². The summed E-state index contributed by atoms with van der Waals surface area (Å²) in [5.41, 5.74) is 3.06. The monoisotopic (exact) mass is 416 g/mol. The van der Waals surface area contributed by atoms with Crippen molar-refractivity contribution in [2.75, 3.05) is 28.2 Å². The topological polar surface area (TPSA) is 49.7 Å². The molecule has 0 unspecified atom stereocenters. The molecule has 0 atom stereocenters. The van der Waals surface area contributed by atoms with Gasteiger partial charge in [-0.1, -0.05) is 54.1 Å². The first-order valence-corrected chi connectivity index (χ1v) is 11.6. The molecule has 2 rings (SSSR count). The van der Waals surface area contributed by atoms with Crippen LogP contribution in [0, 0.1) is 0 Å². The maximum absolute atomic E-state index is 6.76. The van der Waals surface area contributed by atoms with E-state index < -0.39 is 7.87 Å². The predicted octanol–water partition coefficient (Wildman–Crippen LogP) is 3.77. The quantitative estimate of drug-likeness (QED) is 0.226. The highest BCUT2D eigenvalue weighted by molar-refractivity contribution is 7.17. The van der Waals surface area contributed by atoms with Gasteiger partial charge in [0.15, 0.2) is 0 Å².